The lowest BCUT2D eigenvalue weighted by Crippen LogP contribution is -2.60. The molecule has 3 N–H and O–H groups in total. The summed E-state index contributed by atoms with van der Waals surface area (Å²) in [5, 5.41) is 6.52. The van der Waals surface area contributed by atoms with Crippen LogP contribution in [0.25, 0.3) is 10.8 Å². The SMILES string of the molecule is CCC1CC(C)CCC=CC2CC2(C(=O)NS(=O)(=O)C2(C)CC2)NC(=O)C2CC(Oc3ncc(OC)c4ccccc34)CN2C(=O)C1NC(=O)OC(C)(C)C(F)(F)F. The van der Waals surface area contributed by atoms with Gasteiger partial charge in [0.15, 0.2) is 0 Å². The van der Waals surface area contributed by atoms with Crippen LogP contribution in [-0.4, -0.2) is 96.0 Å². The number of pyridine rings is 1. The molecule has 0 bridgehead atoms. The van der Waals surface area contributed by atoms with Gasteiger partial charge in [0.1, 0.15) is 29.5 Å². The second kappa shape index (κ2) is 15.9. The van der Waals surface area contributed by atoms with Gasteiger partial charge in [0.2, 0.25) is 33.3 Å². The normalized spacial score (nSPS) is 28.9. The van der Waals surface area contributed by atoms with Crippen LogP contribution in [0.1, 0.15) is 86.0 Å². The number of alkyl carbamates (subject to hydrolysis) is 1. The summed E-state index contributed by atoms with van der Waals surface area (Å²) < 4.78 is 85.6. The van der Waals surface area contributed by atoms with E-state index in [0.29, 0.717) is 68.9 Å². The summed E-state index contributed by atoms with van der Waals surface area (Å²) in [6.45, 7) is 6.49. The Morgan fingerprint density at radius 2 is 1.79 bits per heavy atom. The van der Waals surface area contributed by atoms with E-state index in [9.17, 15) is 40.8 Å². The Morgan fingerprint density at radius 1 is 1.10 bits per heavy atom. The number of amides is 4. The Bertz CT molecular complexity index is 2070. The van der Waals surface area contributed by atoms with E-state index in [4.69, 9.17) is 14.2 Å². The molecule has 4 amide bonds. The van der Waals surface area contributed by atoms with Gasteiger partial charge in [0.25, 0.3) is 5.91 Å². The summed E-state index contributed by atoms with van der Waals surface area (Å²) in [5.41, 5.74) is -4.53. The van der Waals surface area contributed by atoms with Gasteiger partial charge >= 0.3 is 12.3 Å². The van der Waals surface area contributed by atoms with Crippen LogP contribution in [-0.2, 0) is 29.1 Å². The number of carbonyl (C=O) groups excluding carboxylic acids is 4. The largest absolute Gasteiger partial charge is 0.494 e. The van der Waals surface area contributed by atoms with Gasteiger partial charge in [-0.15, -0.1) is 0 Å². The predicted octanol–water partition coefficient (Wildman–Crippen LogP) is 5.30. The maximum Gasteiger partial charge on any atom is 0.427 e. The first-order valence-corrected chi connectivity index (χ1v) is 21.1. The third kappa shape index (κ3) is 8.57. The van der Waals surface area contributed by atoms with Gasteiger partial charge in [0.05, 0.1) is 24.6 Å². The lowest BCUT2D eigenvalue weighted by Gasteiger charge is -2.35. The van der Waals surface area contributed by atoms with Crippen molar-refractivity contribution in [3.63, 3.8) is 0 Å². The van der Waals surface area contributed by atoms with E-state index in [0.717, 1.165) is 0 Å². The van der Waals surface area contributed by atoms with Crippen LogP contribution in [0.4, 0.5) is 18.0 Å². The molecule has 1 aromatic carbocycles. The molecule has 1 saturated heterocycles. The van der Waals surface area contributed by atoms with Crippen LogP contribution in [0, 0.1) is 17.8 Å². The van der Waals surface area contributed by atoms with E-state index in [1.54, 1.807) is 25.1 Å². The third-order valence-corrected chi connectivity index (χ3v) is 14.3. The second-order valence-corrected chi connectivity index (χ2v) is 19.0. The van der Waals surface area contributed by atoms with E-state index in [2.05, 4.69) is 20.3 Å². The highest BCUT2D eigenvalue weighted by Crippen LogP contribution is 2.48. The van der Waals surface area contributed by atoms with Crippen molar-refractivity contribution in [1.29, 1.82) is 0 Å². The molecule has 58 heavy (non-hydrogen) atoms. The highest BCUT2D eigenvalue weighted by molar-refractivity contribution is 7.91. The smallest absolute Gasteiger partial charge is 0.427 e. The molecule has 6 rings (SSSR count). The molecule has 3 heterocycles. The minimum Gasteiger partial charge on any atom is -0.494 e. The number of ether oxygens (including phenoxy) is 3. The van der Waals surface area contributed by atoms with Crippen molar-refractivity contribution < 1.29 is 55.0 Å². The number of allylic oxidation sites excluding steroid dienone is 1. The first-order chi connectivity index (χ1) is 27.1. The summed E-state index contributed by atoms with van der Waals surface area (Å²) in [5.74, 6) is -2.92. The van der Waals surface area contributed by atoms with E-state index >= 15 is 0 Å². The van der Waals surface area contributed by atoms with Gasteiger partial charge in [-0.1, -0.05) is 50.6 Å². The fourth-order valence-electron chi connectivity index (χ4n) is 7.82. The first-order valence-electron chi connectivity index (χ1n) is 19.7. The lowest BCUT2D eigenvalue weighted by atomic mass is 9.85. The molecule has 2 aromatic rings. The standard InChI is InChI=1S/C40H52F3N5O9S/c1-7-24-18-23(2)12-8-9-13-25-20-39(25,35(51)47-58(53,54)38(5)16-17-38)46-32(49)29-19-26(56-33-28-15-11-10-14-27(28)30(55-6)21-44-33)22-48(29)34(50)31(24)45-36(52)57-37(3,4)40(41,42)43/h9-11,13-15,21,23-26,29,31H,7-8,12,16-20,22H2,1-6H3,(H,45,52)(H,46,49)(H,47,51). The van der Waals surface area contributed by atoms with Crippen molar-refractivity contribution in [1.82, 2.24) is 25.2 Å². The number of nitrogens with one attached hydrogen (secondary N) is 3. The van der Waals surface area contributed by atoms with Gasteiger partial charge in [-0.3, -0.25) is 19.1 Å². The minimum absolute atomic E-state index is 0.0317. The summed E-state index contributed by atoms with van der Waals surface area (Å²) in [6.07, 6.45) is 0.548. The minimum atomic E-state index is -4.91. The van der Waals surface area contributed by atoms with Gasteiger partial charge in [0, 0.05) is 23.1 Å². The Balaban J connectivity index is 1.37. The van der Waals surface area contributed by atoms with Gasteiger partial charge in [-0.25, -0.2) is 18.2 Å². The highest BCUT2D eigenvalue weighted by Gasteiger charge is 2.63. The second-order valence-electron chi connectivity index (χ2n) is 16.8. The Kier molecular flexibility index (Phi) is 11.8. The maximum absolute atomic E-state index is 14.9. The van der Waals surface area contributed by atoms with E-state index < -0.39 is 85.9 Å². The molecule has 1 aromatic heterocycles. The van der Waals surface area contributed by atoms with Gasteiger partial charge in [-0.05, 0) is 77.2 Å². The van der Waals surface area contributed by atoms with Crippen molar-refractivity contribution in [3.05, 3.63) is 42.6 Å². The molecule has 18 heteroatoms. The van der Waals surface area contributed by atoms with Gasteiger partial charge < -0.3 is 29.7 Å². The molecule has 2 aliphatic carbocycles. The molecule has 7 atom stereocenters. The van der Waals surface area contributed by atoms with E-state index in [1.807, 2.05) is 25.1 Å². The quantitative estimate of drug-likeness (QED) is 0.281. The molecular weight excluding hydrogens is 784 g/mol. The average Bonchev–Trinajstić information content (AvgIpc) is 4.04. The molecule has 7 unspecified atom stereocenters. The Morgan fingerprint density at radius 3 is 2.43 bits per heavy atom. The van der Waals surface area contributed by atoms with Crippen molar-refractivity contribution in [2.45, 2.75) is 126 Å². The number of rotatable bonds is 9. The van der Waals surface area contributed by atoms with Crippen LogP contribution < -0.4 is 24.8 Å². The number of methoxy groups -OCH3 is 1. The predicted molar refractivity (Wildman–Crippen MR) is 206 cm³/mol. The van der Waals surface area contributed by atoms with Crippen molar-refractivity contribution in [3.8, 4) is 11.6 Å². The average molecular weight is 836 g/mol. The molecular formula is C40H52F3N5O9S. The summed E-state index contributed by atoms with van der Waals surface area (Å²) in [7, 11) is -2.58. The molecule has 2 aliphatic heterocycles. The fraction of sp³-hybridized carbons (Fsp3) is 0.625. The molecule has 4 aliphatic rings. The number of carbonyl (C=O) groups is 4. The lowest BCUT2D eigenvalue weighted by molar-refractivity contribution is -0.244. The summed E-state index contributed by atoms with van der Waals surface area (Å²) >= 11 is 0. The topological polar surface area (TPSA) is 182 Å². The zero-order valence-corrected chi connectivity index (χ0v) is 34.3. The number of nitrogens with zero attached hydrogens (tertiary/aromatic N) is 2. The van der Waals surface area contributed by atoms with E-state index in [-0.39, 0.29) is 31.2 Å². The van der Waals surface area contributed by atoms with Crippen LogP contribution in [0.5, 0.6) is 11.6 Å². The third-order valence-electron chi connectivity index (χ3n) is 12.1. The summed E-state index contributed by atoms with van der Waals surface area (Å²) in [4.78, 5) is 62.2. The molecule has 2 saturated carbocycles. The number of sulfonamides is 1. The molecule has 3 fully saturated rings. The van der Waals surface area contributed by atoms with Gasteiger partial charge in [-0.2, -0.15) is 13.2 Å². The van der Waals surface area contributed by atoms with E-state index in [1.165, 1.54) is 25.1 Å². The first kappa shape index (κ1) is 43.0. The zero-order valence-electron chi connectivity index (χ0n) is 33.5. The monoisotopic (exact) mass is 835 g/mol. The Labute approximate surface area is 336 Å². The van der Waals surface area contributed by atoms with Crippen molar-refractivity contribution >= 4 is 44.6 Å². The van der Waals surface area contributed by atoms with Crippen LogP contribution in [0.3, 0.4) is 0 Å². The number of aromatic nitrogens is 1. The number of benzene rings is 1. The maximum atomic E-state index is 14.9. The number of hydrogen-bond acceptors (Lipinski definition) is 10. The van der Waals surface area contributed by atoms with Crippen LogP contribution >= 0.6 is 0 Å². The summed E-state index contributed by atoms with van der Waals surface area (Å²) in [6, 6.07) is 4.43. The van der Waals surface area contributed by atoms with Crippen LogP contribution in [0.2, 0.25) is 0 Å². The molecule has 0 spiro atoms. The molecule has 14 nitrogen and oxygen atoms in total. The number of alkyl halides is 3. The number of halogens is 3. The molecule has 0 radical (unpaired) electrons. The number of fused-ring (bicyclic) bond motifs is 3. The van der Waals surface area contributed by atoms with Crippen LogP contribution in [0.15, 0.2) is 42.6 Å². The zero-order chi connectivity index (χ0) is 42.4. The highest BCUT2D eigenvalue weighted by atomic mass is 32.2. The number of hydrogen-bond donors (Lipinski definition) is 3. The fourth-order valence-corrected chi connectivity index (χ4v) is 9.13. The van der Waals surface area contributed by atoms with Crippen molar-refractivity contribution in [2.75, 3.05) is 13.7 Å². The Hall–Kier alpha value is -4.61. The molecule has 318 valence electrons. The van der Waals surface area contributed by atoms with Crippen molar-refractivity contribution in [2.24, 2.45) is 17.8 Å².